The van der Waals surface area contributed by atoms with Gasteiger partial charge in [0.25, 0.3) is 0 Å². The molecule has 0 bridgehead atoms. The van der Waals surface area contributed by atoms with Crippen molar-refractivity contribution in [3.8, 4) is 34.3 Å². The van der Waals surface area contributed by atoms with Crippen molar-refractivity contribution < 1.29 is 54.1 Å². The Kier molecular flexibility index (Phi) is 7.71. The third-order valence-corrected chi connectivity index (χ3v) is 6.09. The monoisotopic (exact) mass is 530 g/mol. The maximum atomic E-state index is 12.8. The normalized spacial score (nSPS) is 23.8. The van der Waals surface area contributed by atoms with Crippen LogP contribution in [0.3, 0.4) is 0 Å². The Bertz CT molecular complexity index is 1440. The number of fused-ring (bicyclic) bond motifs is 1. The Labute approximate surface area is 215 Å². The molecule has 1 aromatic heterocycles. The topological polar surface area (TPSA) is 196 Å². The number of carbonyl (C=O) groups excluding carboxylic acids is 1. The van der Waals surface area contributed by atoms with E-state index in [9.17, 15) is 40.2 Å². The van der Waals surface area contributed by atoms with E-state index in [4.69, 9.17) is 18.6 Å². The highest BCUT2D eigenvalue weighted by atomic mass is 16.7. The second kappa shape index (κ2) is 10.8. The molecule has 2 aromatic carbocycles. The van der Waals surface area contributed by atoms with Gasteiger partial charge in [-0.25, -0.2) is 4.79 Å². The maximum Gasteiger partial charge on any atom is 0.338 e. The Hall–Kier alpha value is -3.94. The van der Waals surface area contributed by atoms with Gasteiger partial charge in [0.1, 0.15) is 52.6 Å². The molecule has 3 aromatic rings. The van der Waals surface area contributed by atoms with Gasteiger partial charge in [-0.3, -0.25) is 4.79 Å². The predicted octanol–water partition coefficient (Wildman–Crippen LogP) is 0.921. The molecule has 0 amide bonds. The molecular formula is C26H26O12. The highest BCUT2D eigenvalue weighted by Gasteiger charge is 2.44. The number of phenolic OH excluding ortho intramolecular Hbond substituents is 2. The molecule has 1 fully saturated rings. The van der Waals surface area contributed by atoms with E-state index in [1.807, 2.05) is 0 Å². The molecule has 4 rings (SSSR count). The molecular weight excluding hydrogens is 504 g/mol. The van der Waals surface area contributed by atoms with Crippen LogP contribution in [0.15, 0.2) is 57.3 Å². The van der Waals surface area contributed by atoms with Crippen LogP contribution in [-0.4, -0.2) is 73.9 Å². The van der Waals surface area contributed by atoms with Crippen LogP contribution in [0.1, 0.15) is 13.8 Å². The summed E-state index contributed by atoms with van der Waals surface area (Å²) in [6.45, 7) is 2.56. The zero-order valence-corrected chi connectivity index (χ0v) is 20.3. The summed E-state index contributed by atoms with van der Waals surface area (Å²) < 4.78 is 21.7. The fourth-order valence-electron chi connectivity index (χ4n) is 3.81. The molecule has 5 unspecified atom stereocenters. The van der Waals surface area contributed by atoms with Gasteiger partial charge >= 0.3 is 5.97 Å². The van der Waals surface area contributed by atoms with Gasteiger partial charge in [0, 0.05) is 29.3 Å². The number of ether oxygens (including phenoxy) is 3. The summed E-state index contributed by atoms with van der Waals surface area (Å²) in [5, 5.41) is 60.1. The minimum absolute atomic E-state index is 0.00435. The van der Waals surface area contributed by atoms with E-state index < -0.39 is 54.5 Å². The first-order valence-corrected chi connectivity index (χ1v) is 11.5. The van der Waals surface area contributed by atoms with Crippen LogP contribution in [0, 0.1) is 0 Å². The highest BCUT2D eigenvalue weighted by molar-refractivity contribution is 5.90. The van der Waals surface area contributed by atoms with Gasteiger partial charge in [-0.2, -0.15) is 0 Å². The van der Waals surface area contributed by atoms with Crippen molar-refractivity contribution in [2.45, 2.75) is 44.6 Å². The van der Waals surface area contributed by atoms with Crippen molar-refractivity contribution in [2.75, 3.05) is 6.61 Å². The number of aromatic hydroxyl groups is 2. The smallest absolute Gasteiger partial charge is 0.338 e. The van der Waals surface area contributed by atoms with Crippen molar-refractivity contribution in [3.63, 3.8) is 0 Å². The lowest BCUT2D eigenvalue weighted by Gasteiger charge is -2.39. The number of benzene rings is 2. The summed E-state index contributed by atoms with van der Waals surface area (Å²) >= 11 is 0. The molecule has 38 heavy (non-hydrogen) atoms. The number of aliphatic hydroxyl groups excluding tert-OH is 4. The van der Waals surface area contributed by atoms with Gasteiger partial charge in [-0.05, 0) is 32.0 Å². The summed E-state index contributed by atoms with van der Waals surface area (Å²) in [6.07, 6.45) is -6.15. The number of phenols is 2. The van der Waals surface area contributed by atoms with Crippen LogP contribution in [-0.2, 0) is 9.53 Å². The quantitative estimate of drug-likeness (QED) is 0.150. The number of carbonyl (C=O) groups is 1. The standard InChI is InChI=1S/C26H26O12/c1-3-11(2)25(34)37-17-5-4-12(6-14(17)28)18-9-16(30)21-15(29)7-13(8-19(21)36-18)35-26-24(33)23(32)22(31)20(10-27)38-26/h3-9,20,22-24,26-29,31-33H,10H2,1-2H3. The van der Waals surface area contributed by atoms with Crippen molar-refractivity contribution in [1.29, 1.82) is 0 Å². The Balaban J connectivity index is 1.66. The van der Waals surface area contributed by atoms with Gasteiger partial charge in [0.2, 0.25) is 6.29 Å². The average Bonchev–Trinajstić information content (AvgIpc) is 2.89. The van der Waals surface area contributed by atoms with E-state index in [0.29, 0.717) is 5.57 Å². The second-order valence-electron chi connectivity index (χ2n) is 8.65. The molecule has 0 radical (unpaired) electrons. The highest BCUT2D eigenvalue weighted by Crippen LogP contribution is 2.35. The third-order valence-electron chi connectivity index (χ3n) is 6.09. The number of rotatable bonds is 6. The molecule has 0 saturated carbocycles. The van der Waals surface area contributed by atoms with E-state index in [-0.39, 0.29) is 39.5 Å². The minimum Gasteiger partial charge on any atom is -0.507 e. The van der Waals surface area contributed by atoms with Gasteiger partial charge in [-0.15, -0.1) is 0 Å². The minimum atomic E-state index is -1.70. The van der Waals surface area contributed by atoms with Gasteiger partial charge in [0.05, 0.1) is 6.61 Å². The number of hydrogen-bond donors (Lipinski definition) is 6. The lowest BCUT2D eigenvalue weighted by Crippen LogP contribution is -2.60. The zero-order chi connectivity index (χ0) is 27.7. The first kappa shape index (κ1) is 27.1. The molecule has 1 saturated heterocycles. The maximum absolute atomic E-state index is 12.8. The zero-order valence-electron chi connectivity index (χ0n) is 20.3. The predicted molar refractivity (Wildman–Crippen MR) is 131 cm³/mol. The molecule has 1 aliphatic heterocycles. The van der Waals surface area contributed by atoms with Crippen molar-refractivity contribution in [3.05, 3.63) is 58.3 Å². The van der Waals surface area contributed by atoms with Crippen molar-refractivity contribution >= 4 is 16.9 Å². The second-order valence-corrected chi connectivity index (χ2v) is 8.65. The van der Waals surface area contributed by atoms with E-state index in [0.717, 1.165) is 12.1 Å². The summed E-state index contributed by atoms with van der Waals surface area (Å²) in [7, 11) is 0. The SMILES string of the molecule is CC=C(C)C(=O)Oc1ccc(-c2cc(=O)c3c(O)cc(OC4OC(CO)C(O)C(O)C4O)cc3o2)cc1O. The first-order chi connectivity index (χ1) is 18.0. The number of aliphatic hydroxyl groups is 4. The molecule has 0 spiro atoms. The Morgan fingerprint density at radius 2 is 1.76 bits per heavy atom. The van der Waals surface area contributed by atoms with Gasteiger partial charge in [-0.1, -0.05) is 6.08 Å². The van der Waals surface area contributed by atoms with Crippen molar-refractivity contribution in [2.24, 2.45) is 0 Å². The molecule has 12 nitrogen and oxygen atoms in total. The molecule has 0 aliphatic carbocycles. The number of allylic oxidation sites excluding steroid dienone is 1. The summed E-state index contributed by atoms with van der Waals surface area (Å²) in [5.41, 5.74) is -0.137. The molecule has 5 atom stereocenters. The lowest BCUT2D eigenvalue weighted by atomic mass is 9.99. The van der Waals surface area contributed by atoms with E-state index in [1.165, 1.54) is 24.3 Å². The molecule has 1 aliphatic rings. The fraction of sp³-hybridized carbons (Fsp3) is 0.308. The molecule has 202 valence electrons. The Morgan fingerprint density at radius 1 is 1.03 bits per heavy atom. The van der Waals surface area contributed by atoms with Gasteiger partial charge in [0.15, 0.2) is 16.9 Å². The summed E-state index contributed by atoms with van der Waals surface area (Å²) in [6, 6.07) is 7.41. The molecule has 6 N–H and O–H groups in total. The summed E-state index contributed by atoms with van der Waals surface area (Å²) in [4.78, 5) is 24.7. The largest absolute Gasteiger partial charge is 0.507 e. The lowest BCUT2D eigenvalue weighted by molar-refractivity contribution is -0.277. The van der Waals surface area contributed by atoms with Crippen molar-refractivity contribution in [1.82, 2.24) is 0 Å². The first-order valence-electron chi connectivity index (χ1n) is 11.5. The summed E-state index contributed by atoms with van der Waals surface area (Å²) in [5.74, 6) is -1.75. The van der Waals surface area contributed by atoms with Crippen LogP contribution < -0.4 is 14.9 Å². The molecule has 2 heterocycles. The van der Waals surface area contributed by atoms with E-state index in [2.05, 4.69) is 0 Å². The number of hydrogen-bond acceptors (Lipinski definition) is 12. The van der Waals surface area contributed by atoms with E-state index in [1.54, 1.807) is 19.9 Å². The Morgan fingerprint density at radius 3 is 2.42 bits per heavy atom. The van der Waals surface area contributed by atoms with Gasteiger partial charge < -0.3 is 49.3 Å². The average molecular weight is 530 g/mol. The third kappa shape index (κ3) is 5.21. The van der Waals surface area contributed by atoms with Crippen LogP contribution in [0.5, 0.6) is 23.0 Å². The van der Waals surface area contributed by atoms with Crippen LogP contribution in [0.2, 0.25) is 0 Å². The fourth-order valence-corrected chi connectivity index (χ4v) is 3.81. The van der Waals surface area contributed by atoms with E-state index >= 15 is 0 Å². The number of esters is 1. The molecule has 12 heteroatoms. The van der Waals surface area contributed by atoms with Crippen LogP contribution in [0.4, 0.5) is 0 Å². The van der Waals surface area contributed by atoms with Crippen LogP contribution in [0.25, 0.3) is 22.3 Å². The van der Waals surface area contributed by atoms with Crippen LogP contribution >= 0.6 is 0 Å².